The number of carbonyl (C=O) groups excluding carboxylic acids is 5. The van der Waals surface area contributed by atoms with Crippen LogP contribution < -0.4 is 9.47 Å². The summed E-state index contributed by atoms with van der Waals surface area (Å²) in [4.78, 5) is 65.1. The minimum Gasteiger partial charge on any atom is -0.497 e. The molecule has 1 heterocycles. The molecular formula is C39H36O12. The zero-order valence-corrected chi connectivity index (χ0v) is 27.9. The summed E-state index contributed by atoms with van der Waals surface area (Å²) in [7, 11) is 1.50. The molecule has 12 heteroatoms. The highest BCUT2D eigenvalue weighted by Crippen LogP contribution is 2.33. The topological polar surface area (TPSA) is 150 Å². The van der Waals surface area contributed by atoms with E-state index in [0.29, 0.717) is 5.75 Å². The van der Waals surface area contributed by atoms with Crippen molar-refractivity contribution in [2.45, 2.75) is 50.5 Å². The number of carbonyl (C=O) groups is 5. The Hall–Kier alpha value is -6.01. The maximum Gasteiger partial charge on any atom is 0.338 e. The average Bonchev–Trinajstić information content (AvgIpc) is 3.16. The van der Waals surface area contributed by atoms with Crippen molar-refractivity contribution in [3.8, 4) is 11.5 Å². The third kappa shape index (κ3) is 10.0. The quantitative estimate of drug-likeness (QED) is 0.123. The molecule has 0 radical (unpaired) electrons. The first-order chi connectivity index (χ1) is 24.7. The van der Waals surface area contributed by atoms with Crippen molar-refractivity contribution in [1.82, 2.24) is 0 Å². The summed E-state index contributed by atoms with van der Waals surface area (Å²) in [5.41, 5.74) is 0.567. The summed E-state index contributed by atoms with van der Waals surface area (Å²) in [5.74, 6) is -2.65. The SMILES string of the molecule is COc1ccc(O[C@@H]2O[C@H](COC(=O)c3ccccc3)[C@H](OC(=O)CCC(C)=O)[C@H](OC(=O)c3ccccc3)[C@H]2OC(=O)c2ccccc2)cc1. The van der Waals surface area contributed by atoms with Gasteiger partial charge in [0.25, 0.3) is 0 Å². The molecule has 1 fully saturated rings. The van der Waals surface area contributed by atoms with E-state index in [2.05, 4.69) is 0 Å². The molecule has 0 saturated carbocycles. The van der Waals surface area contributed by atoms with Crippen LogP contribution in [0.4, 0.5) is 0 Å². The second-order valence-electron chi connectivity index (χ2n) is 11.4. The molecule has 0 aromatic heterocycles. The monoisotopic (exact) mass is 696 g/mol. The Balaban J connectivity index is 1.55. The minimum absolute atomic E-state index is 0.121. The third-order valence-corrected chi connectivity index (χ3v) is 7.74. The number of hydrogen-bond donors (Lipinski definition) is 0. The van der Waals surface area contributed by atoms with E-state index in [1.807, 2.05) is 0 Å². The second kappa shape index (κ2) is 17.6. The van der Waals surface area contributed by atoms with Crippen LogP contribution in [0.25, 0.3) is 0 Å². The smallest absolute Gasteiger partial charge is 0.338 e. The molecule has 0 bridgehead atoms. The summed E-state index contributed by atoms with van der Waals surface area (Å²) >= 11 is 0. The molecule has 0 amide bonds. The summed E-state index contributed by atoms with van der Waals surface area (Å²) in [6.45, 7) is 0.826. The summed E-state index contributed by atoms with van der Waals surface area (Å²) in [6, 6.07) is 30.7. The second-order valence-corrected chi connectivity index (χ2v) is 11.4. The molecule has 0 spiro atoms. The number of hydrogen-bond acceptors (Lipinski definition) is 12. The molecule has 4 aromatic carbocycles. The normalized spacial score (nSPS) is 19.5. The molecule has 0 unspecified atom stereocenters. The molecule has 4 aromatic rings. The molecule has 0 aliphatic carbocycles. The van der Waals surface area contributed by atoms with Crippen molar-refractivity contribution in [3.63, 3.8) is 0 Å². The molecule has 12 nitrogen and oxygen atoms in total. The third-order valence-electron chi connectivity index (χ3n) is 7.74. The van der Waals surface area contributed by atoms with Gasteiger partial charge in [0.15, 0.2) is 12.2 Å². The lowest BCUT2D eigenvalue weighted by Crippen LogP contribution is -2.63. The van der Waals surface area contributed by atoms with Crippen molar-refractivity contribution in [2.75, 3.05) is 13.7 Å². The Bertz CT molecular complexity index is 1780. The van der Waals surface area contributed by atoms with Gasteiger partial charge in [0.1, 0.15) is 30.0 Å². The van der Waals surface area contributed by atoms with Gasteiger partial charge in [-0.3, -0.25) is 4.79 Å². The largest absolute Gasteiger partial charge is 0.497 e. The van der Waals surface area contributed by atoms with Crippen molar-refractivity contribution < 1.29 is 57.1 Å². The molecule has 5 atom stereocenters. The van der Waals surface area contributed by atoms with Crippen molar-refractivity contribution in [1.29, 1.82) is 0 Å². The number of ether oxygens (including phenoxy) is 7. The van der Waals surface area contributed by atoms with Gasteiger partial charge in [-0.15, -0.1) is 0 Å². The van der Waals surface area contributed by atoms with Crippen molar-refractivity contribution >= 4 is 29.7 Å². The van der Waals surface area contributed by atoms with Crippen LogP contribution in [-0.2, 0) is 33.3 Å². The van der Waals surface area contributed by atoms with E-state index in [1.54, 1.807) is 91.0 Å². The van der Waals surface area contributed by atoms with Gasteiger partial charge in [-0.2, -0.15) is 0 Å². The fourth-order valence-electron chi connectivity index (χ4n) is 5.13. The molecule has 264 valence electrons. The van der Waals surface area contributed by atoms with Gasteiger partial charge in [-0.1, -0.05) is 54.6 Å². The fourth-order valence-corrected chi connectivity index (χ4v) is 5.13. The highest BCUT2D eigenvalue weighted by Gasteiger charge is 2.54. The van der Waals surface area contributed by atoms with E-state index in [9.17, 15) is 24.0 Å². The molecular weight excluding hydrogens is 660 g/mol. The fraction of sp³-hybridized carbons (Fsp3) is 0.256. The molecule has 1 saturated heterocycles. The Kier molecular flexibility index (Phi) is 12.5. The zero-order chi connectivity index (χ0) is 36.2. The lowest BCUT2D eigenvalue weighted by Gasteiger charge is -2.44. The van der Waals surface area contributed by atoms with Crippen molar-refractivity contribution in [3.05, 3.63) is 132 Å². The van der Waals surface area contributed by atoms with Gasteiger partial charge < -0.3 is 38.0 Å². The van der Waals surface area contributed by atoms with Crippen molar-refractivity contribution in [2.24, 2.45) is 0 Å². The maximum atomic E-state index is 13.6. The van der Waals surface area contributed by atoms with E-state index in [1.165, 1.54) is 38.3 Å². The number of ketones is 1. The summed E-state index contributed by atoms with van der Waals surface area (Å²) < 4.78 is 41.2. The summed E-state index contributed by atoms with van der Waals surface area (Å²) in [6.07, 6.45) is -7.85. The standard InChI is InChI=1S/C39H36O12/c1-25(40)18-23-32(41)49-33-31(24-46-36(42)26-12-6-3-7-13-26)48-39(47-30-21-19-29(45-2)20-22-30)35(51-38(44)28-16-10-5-11-17-28)34(33)50-37(43)27-14-8-4-9-15-27/h3-17,19-22,31,33-35,39H,18,23-24H2,1-2H3/t31-,33+,34+,35-,39-/m1/s1. The van der Waals surface area contributed by atoms with Crippen LogP contribution in [0.5, 0.6) is 11.5 Å². The van der Waals surface area contributed by atoms with Gasteiger partial charge in [0.2, 0.25) is 12.4 Å². The van der Waals surface area contributed by atoms with Crippen LogP contribution in [0.3, 0.4) is 0 Å². The van der Waals surface area contributed by atoms with Gasteiger partial charge in [-0.05, 0) is 67.6 Å². The first-order valence-electron chi connectivity index (χ1n) is 16.1. The van der Waals surface area contributed by atoms with E-state index in [-0.39, 0.29) is 41.1 Å². The molecule has 51 heavy (non-hydrogen) atoms. The Morgan fingerprint density at radius 3 is 1.57 bits per heavy atom. The van der Waals surface area contributed by atoms with Gasteiger partial charge in [-0.25, -0.2) is 14.4 Å². The number of methoxy groups -OCH3 is 1. The van der Waals surface area contributed by atoms with E-state index < -0.39 is 61.2 Å². The van der Waals surface area contributed by atoms with Crippen LogP contribution in [-0.4, -0.2) is 74.1 Å². The lowest BCUT2D eigenvalue weighted by atomic mass is 9.97. The van der Waals surface area contributed by atoms with Crippen LogP contribution in [0, 0.1) is 0 Å². The van der Waals surface area contributed by atoms with Gasteiger partial charge in [0.05, 0.1) is 30.2 Å². The summed E-state index contributed by atoms with van der Waals surface area (Å²) in [5, 5.41) is 0. The zero-order valence-electron chi connectivity index (χ0n) is 27.9. The van der Waals surface area contributed by atoms with E-state index in [0.717, 1.165) is 0 Å². The molecule has 0 N–H and O–H groups in total. The van der Waals surface area contributed by atoms with Gasteiger partial charge in [0, 0.05) is 6.42 Å². The minimum atomic E-state index is -1.57. The van der Waals surface area contributed by atoms with Crippen LogP contribution in [0.15, 0.2) is 115 Å². The Morgan fingerprint density at radius 2 is 1.06 bits per heavy atom. The average molecular weight is 697 g/mol. The van der Waals surface area contributed by atoms with E-state index in [4.69, 9.17) is 33.2 Å². The first-order valence-corrected chi connectivity index (χ1v) is 16.1. The van der Waals surface area contributed by atoms with Crippen LogP contribution in [0.1, 0.15) is 50.8 Å². The Labute approximate surface area is 294 Å². The lowest BCUT2D eigenvalue weighted by molar-refractivity contribution is -0.279. The van der Waals surface area contributed by atoms with Gasteiger partial charge >= 0.3 is 23.9 Å². The number of benzene rings is 4. The first kappa shape index (κ1) is 36.3. The number of Topliss-reactive ketones (excluding diaryl/α,β-unsaturated/α-hetero) is 1. The Morgan fingerprint density at radius 1 is 0.569 bits per heavy atom. The highest BCUT2D eigenvalue weighted by molar-refractivity contribution is 5.91. The predicted molar refractivity (Wildman–Crippen MR) is 180 cm³/mol. The predicted octanol–water partition coefficient (Wildman–Crippen LogP) is 5.39. The number of esters is 4. The molecule has 5 rings (SSSR count). The number of rotatable bonds is 14. The maximum absolute atomic E-state index is 13.6. The molecule has 1 aliphatic heterocycles. The van der Waals surface area contributed by atoms with Crippen LogP contribution in [0.2, 0.25) is 0 Å². The molecule has 1 aliphatic rings. The van der Waals surface area contributed by atoms with E-state index >= 15 is 0 Å². The van der Waals surface area contributed by atoms with Crippen LogP contribution >= 0.6 is 0 Å². The highest BCUT2D eigenvalue weighted by atomic mass is 16.7.